The Kier molecular flexibility index (Phi) is 6.26. The molecule has 1 heterocycles. The molecular formula is C21H27N3O2. The number of carbonyl (C=O) groups is 1. The van der Waals surface area contributed by atoms with E-state index in [2.05, 4.69) is 29.2 Å². The van der Waals surface area contributed by atoms with Crippen LogP contribution in [0.3, 0.4) is 0 Å². The zero-order chi connectivity index (χ0) is 18.4. The minimum atomic E-state index is -0.227. The monoisotopic (exact) mass is 353 g/mol. The van der Waals surface area contributed by atoms with E-state index in [9.17, 15) is 4.79 Å². The normalized spacial score (nSPS) is 16.3. The van der Waals surface area contributed by atoms with Crippen LogP contribution in [0.25, 0.3) is 0 Å². The van der Waals surface area contributed by atoms with E-state index in [1.165, 1.54) is 5.56 Å². The Morgan fingerprint density at radius 1 is 1.00 bits per heavy atom. The van der Waals surface area contributed by atoms with Gasteiger partial charge >= 0.3 is 6.09 Å². The molecule has 2 aromatic carbocycles. The minimum Gasteiger partial charge on any atom is -0.445 e. The highest BCUT2D eigenvalue weighted by molar-refractivity contribution is 5.67. The summed E-state index contributed by atoms with van der Waals surface area (Å²) in [6, 6.07) is 18.3. The van der Waals surface area contributed by atoms with Crippen LogP contribution in [0, 0.1) is 0 Å². The summed E-state index contributed by atoms with van der Waals surface area (Å²) >= 11 is 0. The fourth-order valence-corrected chi connectivity index (χ4v) is 3.08. The summed E-state index contributed by atoms with van der Waals surface area (Å²) in [7, 11) is 0. The minimum absolute atomic E-state index is 0.0643. The number of hydrogen-bond acceptors (Lipinski definition) is 4. The third kappa shape index (κ3) is 5.07. The van der Waals surface area contributed by atoms with Crippen LogP contribution in [0.1, 0.15) is 29.7 Å². The first-order chi connectivity index (χ1) is 12.6. The summed E-state index contributed by atoms with van der Waals surface area (Å²) in [6.45, 7) is 6.32. The number of nitrogens with zero attached hydrogens (tertiary/aromatic N) is 2. The van der Waals surface area contributed by atoms with Gasteiger partial charge in [-0.3, -0.25) is 4.90 Å². The zero-order valence-electron chi connectivity index (χ0n) is 15.3. The van der Waals surface area contributed by atoms with Crippen molar-refractivity contribution in [3.05, 3.63) is 71.3 Å². The van der Waals surface area contributed by atoms with E-state index in [1.807, 2.05) is 37.3 Å². The predicted molar refractivity (Wildman–Crippen MR) is 103 cm³/mol. The number of benzene rings is 2. The van der Waals surface area contributed by atoms with Crippen LogP contribution in [0.2, 0.25) is 0 Å². The van der Waals surface area contributed by atoms with Crippen LogP contribution in [-0.2, 0) is 17.9 Å². The molecule has 2 aromatic rings. The molecule has 5 heteroatoms. The first-order valence-corrected chi connectivity index (χ1v) is 9.14. The lowest BCUT2D eigenvalue weighted by molar-refractivity contribution is 0.0700. The van der Waals surface area contributed by atoms with Crippen molar-refractivity contribution in [2.45, 2.75) is 26.1 Å². The van der Waals surface area contributed by atoms with Crippen LogP contribution < -0.4 is 5.73 Å². The molecule has 1 saturated heterocycles. The summed E-state index contributed by atoms with van der Waals surface area (Å²) in [6.07, 6.45) is -0.227. The van der Waals surface area contributed by atoms with E-state index < -0.39 is 0 Å². The van der Waals surface area contributed by atoms with Gasteiger partial charge in [-0.2, -0.15) is 0 Å². The number of carbonyl (C=O) groups excluding carboxylic acids is 1. The van der Waals surface area contributed by atoms with Gasteiger partial charge in [0.2, 0.25) is 0 Å². The van der Waals surface area contributed by atoms with Gasteiger partial charge in [0.25, 0.3) is 0 Å². The molecule has 1 unspecified atom stereocenters. The average Bonchev–Trinajstić information content (AvgIpc) is 2.68. The Labute approximate surface area is 155 Å². The molecule has 1 atom stereocenters. The van der Waals surface area contributed by atoms with Crippen molar-refractivity contribution in [1.29, 1.82) is 0 Å². The highest BCUT2D eigenvalue weighted by Crippen LogP contribution is 2.14. The van der Waals surface area contributed by atoms with Gasteiger partial charge in [-0.05, 0) is 23.6 Å². The molecule has 0 bridgehead atoms. The quantitative estimate of drug-likeness (QED) is 0.897. The largest absolute Gasteiger partial charge is 0.445 e. The first kappa shape index (κ1) is 18.4. The molecular weight excluding hydrogens is 326 g/mol. The van der Waals surface area contributed by atoms with Crippen LogP contribution in [-0.4, -0.2) is 42.1 Å². The molecule has 3 rings (SSSR count). The Bertz CT molecular complexity index is 693. The van der Waals surface area contributed by atoms with Crippen LogP contribution in [0.5, 0.6) is 0 Å². The van der Waals surface area contributed by atoms with Crippen LogP contribution in [0.4, 0.5) is 4.79 Å². The molecule has 5 nitrogen and oxygen atoms in total. The molecule has 0 aliphatic carbocycles. The number of rotatable bonds is 5. The van der Waals surface area contributed by atoms with E-state index in [-0.39, 0.29) is 12.1 Å². The number of piperazine rings is 1. The molecule has 1 amide bonds. The van der Waals surface area contributed by atoms with Crippen molar-refractivity contribution in [2.75, 3.05) is 26.2 Å². The topological polar surface area (TPSA) is 58.8 Å². The molecule has 0 radical (unpaired) electrons. The molecule has 0 saturated carbocycles. The highest BCUT2D eigenvalue weighted by atomic mass is 16.6. The van der Waals surface area contributed by atoms with Crippen LogP contribution in [0.15, 0.2) is 54.6 Å². The average molecular weight is 353 g/mol. The maximum absolute atomic E-state index is 12.2. The van der Waals surface area contributed by atoms with Gasteiger partial charge in [-0.1, -0.05) is 54.6 Å². The number of ether oxygens (including phenoxy) is 1. The first-order valence-electron chi connectivity index (χ1n) is 9.14. The Hall–Kier alpha value is -2.37. The summed E-state index contributed by atoms with van der Waals surface area (Å²) in [4.78, 5) is 16.4. The van der Waals surface area contributed by atoms with E-state index in [4.69, 9.17) is 10.5 Å². The van der Waals surface area contributed by atoms with Gasteiger partial charge in [-0.25, -0.2) is 4.79 Å². The second kappa shape index (κ2) is 8.83. The summed E-state index contributed by atoms with van der Waals surface area (Å²) in [5.74, 6) is 0. The van der Waals surface area contributed by atoms with Gasteiger partial charge in [0.15, 0.2) is 0 Å². The van der Waals surface area contributed by atoms with Crippen molar-refractivity contribution in [1.82, 2.24) is 9.80 Å². The number of amides is 1. The lowest BCUT2D eigenvalue weighted by atomic mass is 10.1. The smallest absolute Gasteiger partial charge is 0.410 e. The van der Waals surface area contributed by atoms with Crippen molar-refractivity contribution in [3.63, 3.8) is 0 Å². The Morgan fingerprint density at radius 2 is 1.65 bits per heavy atom. The fraction of sp³-hybridized carbons (Fsp3) is 0.381. The van der Waals surface area contributed by atoms with Crippen molar-refractivity contribution in [2.24, 2.45) is 5.73 Å². The third-order valence-electron chi connectivity index (χ3n) is 4.75. The van der Waals surface area contributed by atoms with Crippen molar-refractivity contribution in [3.8, 4) is 0 Å². The van der Waals surface area contributed by atoms with Gasteiger partial charge in [0.1, 0.15) is 6.61 Å². The molecule has 0 spiro atoms. The Morgan fingerprint density at radius 3 is 2.27 bits per heavy atom. The molecule has 26 heavy (non-hydrogen) atoms. The maximum atomic E-state index is 12.2. The van der Waals surface area contributed by atoms with Crippen molar-refractivity contribution >= 4 is 6.09 Å². The van der Waals surface area contributed by atoms with Gasteiger partial charge < -0.3 is 15.4 Å². The van der Waals surface area contributed by atoms with E-state index in [0.29, 0.717) is 19.7 Å². The summed E-state index contributed by atoms with van der Waals surface area (Å²) < 4.78 is 5.41. The maximum Gasteiger partial charge on any atom is 0.410 e. The molecule has 1 fully saturated rings. The number of nitrogens with two attached hydrogens (primary N) is 1. The van der Waals surface area contributed by atoms with Gasteiger partial charge in [0, 0.05) is 38.8 Å². The lowest BCUT2D eigenvalue weighted by Crippen LogP contribution is -2.48. The Balaban J connectivity index is 1.42. The van der Waals surface area contributed by atoms with E-state index in [1.54, 1.807) is 4.90 Å². The molecule has 0 aromatic heterocycles. The van der Waals surface area contributed by atoms with Gasteiger partial charge in [-0.15, -0.1) is 0 Å². The summed E-state index contributed by atoms with van der Waals surface area (Å²) in [5, 5.41) is 0. The lowest BCUT2D eigenvalue weighted by Gasteiger charge is -2.34. The van der Waals surface area contributed by atoms with Gasteiger partial charge in [0.05, 0.1) is 0 Å². The SMILES string of the molecule is CC(N)c1ccc(CN2CCN(C(=O)OCc3ccccc3)CC2)cc1. The number of hydrogen-bond donors (Lipinski definition) is 1. The van der Waals surface area contributed by atoms with Crippen molar-refractivity contribution < 1.29 is 9.53 Å². The molecule has 138 valence electrons. The fourth-order valence-electron chi connectivity index (χ4n) is 3.08. The summed E-state index contributed by atoms with van der Waals surface area (Å²) in [5.41, 5.74) is 9.33. The second-order valence-electron chi connectivity index (χ2n) is 6.83. The molecule has 2 N–H and O–H groups in total. The third-order valence-corrected chi connectivity index (χ3v) is 4.75. The van der Waals surface area contributed by atoms with E-state index in [0.717, 1.165) is 30.8 Å². The van der Waals surface area contributed by atoms with Crippen LogP contribution >= 0.6 is 0 Å². The molecule has 1 aliphatic rings. The van der Waals surface area contributed by atoms with E-state index >= 15 is 0 Å². The second-order valence-corrected chi connectivity index (χ2v) is 6.83. The standard InChI is InChI=1S/C21H27N3O2/c1-17(22)20-9-7-18(8-10-20)15-23-11-13-24(14-12-23)21(25)26-16-19-5-3-2-4-6-19/h2-10,17H,11-16,22H2,1H3. The predicted octanol–water partition coefficient (Wildman–Crippen LogP) is 3.16. The highest BCUT2D eigenvalue weighted by Gasteiger charge is 2.22. The molecule has 1 aliphatic heterocycles. The zero-order valence-corrected chi connectivity index (χ0v) is 15.3.